The van der Waals surface area contributed by atoms with Gasteiger partial charge in [0.05, 0.1) is 23.8 Å². The van der Waals surface area contributed by atoms with Gasteiger partial charge in [0.2, 0.25) is 0 Å². The number of hydrogen-bond donors (Lipinski definition) is 1. The van der Waals surface area contributed by atoms with Gasteiger partial charge in [-0.25, -0.2) is 0 Å². The van der Waals surface area contributed by atoms with E-state index in [2.05, 4.69) is 18.5 Å². The highest BCUT2D eigenvalue weighted by Gasteiger charge is 2.07. The molecule has 0 saturated carbocycles. The van der Waals surface area contributed by atoms with Gasteiger partial charge in [0.25, 0.3) is 5.70 Å². The highest BCUT2D eigenvalue weighted by atomic mass is 16.6. The Hall–Kier alpha value is -1.78. The van der Waals surface area contributed by atoms with Crippen LogP contribution in [0.3, 0.4) is 0 Å². The fourth-order valence-electron chi connectivity index (χ4n) is 0.596. The van der Waals surface area contributed by atoms with Crippen LogP contribution in [0.5, 0.6) is 0 Å². The van der Waals surface area contributed by atoms with Gasteiger partial charge in [0, 0.05) is 7.05 Å². The van der Waals surface area contributed by atoms with Crippen molar-refractivity contribution in [3.63, 3.8) is 0 Å². The summed E-state index contributed by atoms with van der Waals surface area (Å²) in [7, 11) is 3.05. The molecule has 0 atom stereocenters. The standard InChI is InChI=1S/C8H12N2O3.C2H6/c1-6(10(11)12)5-8(13-4)7(2)9-3;1-2/h5,9H,1-2H2,3-4H3;1-2H3/b8-5+;. The van der Waals surface area contributed by atoms with Crippen molar-refractivity contribution >= 4 is 0 Å². The normalized spacial score (nSPS) is 9.47. The first-order valence-corrected chi connectivity index (χ1v) is 4.49. The molecule has 5 nitrogen and oxygen atoms in total. The van der Waals surface area contributed by atoms with E-state index in [4.69, 9.17) is 4.74 Å². The topological polar surface area (TPSA) is 64.4 Å². The van der Waals surface area contributed by atoms with Crippen molar-refractivity contribution < 1.29 is 9.66 Å². The molecule has 15 heavy (non-hydrogen) atoms. The molecule has 5 heteroatoms. The Morgan fingerprint density at radius 1 is 1.47 bits per heavy atom. The van der Waals surface area contributed by atoms with Gasteiger partial charge in [-0.15, -0.1) is 0 Å². The third-order valence-electron chi connectivity index (χ3n) is 1.35. The van der Waals surface area contributed by atoms with E-state index in [-0.39, 0.29) is 5.70 Å². The molecule has 0 rings (SSSR count). The SMILES string of the molecule is C=C(NC)/C(=C\C(=C)[N+](=O)[O-])OC.CC. The minimum Gasteiger partial charge on any atom is -0.494 e. The maximum atomic E-state index is 10.2. The second-order valence-corrected chi connectivity index (χ2v) is 2.19. The molecule has 0 amide bonds. The van der Waals surface area contributed by atoms with Crippen molar-refractivity contribution in [3.8, 4) is 0 Å². The summed E-state index contributed by atoms with van der Waals surface area (Å²) in [6, 6.07) is 0. The molecule has 0 aliphatic heterocycles. The Bertz CT molecular complexity index is 270. The maximum Gasteiger partial charge on any atom is 0.266 e. The van der Waals surface area contributed by atoms with Gasteiger partial charge in [-0.1, -0.05) is 20.4 Å². The number of rotatable bonds is 5. The van der Waals surface area contributed by atoms with Gasteiger partial charge < -0.3 is 10.1 Å². The largest absolute Gasteiger partial charge is 0.494 e. The predicted molar refractivity (Wildman–Crippen MR) is 60.8 cm³/mol. The molecular formula is C10H18N2O3. The van der Waals surface area contributed by atoms with Crippen LogP contribution in [0.25, 0.3) is 0 Å². The van der Waals surface area contributed by atoms with Gasteiger partial charge in [-0.05, 0) is 6.58 Å². The average Bonchev–Trinajstić information content (AvgIpc) is 2.26. The molecule has 0 aromatic rings. The van der Waals surface area contributed by atoms with Crippen LogP contribution in [0.4, 0.5) is 0 Å². The van der Waals surface area contributed by atoms with Crippen molar-refractivity contribution in [1.29, 1.82) is 0 Å². The summed E-state index contributed by atoms with van der Waals surface area (Å²) < 4.78 is 4.86. The van der Waals surface area contributed by atoms with E-state index in [1.54, 1.807) is 7.05 Å². The van der Waals surface area contributed by atoms with Gasteiger partial charge in [-0.2, -0.15) is 0 Å². The Balaban J connectivity index is 0. The molecule has 0 aromatic carbocycles. The quantitative estimate of drug-likeness (QED) is 0.329. The van der Waals surface area contributed by atoms with Crippen LogP contribution in [0.15, 0.2) is 36.4 Å². The summed E-state index contributed by atoms with van der Waals surface area (Å²) in [6.07, 6.45) is 1.21. The molecule has 0 radical (unpaired) electrons. The molecule has 0 heterocycles. The molecule has 0 unspecified atom stereocenters. The van der Waals surface area contributed by atoms with E-state index in [0.717, 1.165) is 0 Å². The number of nitrogens with one attached hydrogen (secondary N) is 1. The van der Waals surface area contributed by atoms with Crippen molar-refractivity contribution in [2.75, 3.05) is 14.2 Å². The smallest absolute Gasteiger partial charge is 0.266 e. The van der Waals surface area contributed by atoms with Crippen LogP contribution in [0, 0.1) is 10.1 Å². The van der Waals surface area contributed by atoms with E-state index in [9.17, 15) is 10.1 Å². The Morgan fingerprint density at radius 2 is 1.93 bits per heavy atom. The molecule has 0 aromatic heterocycles. The van der Waals surface area contributed by atoms with E-state index < -0.39 is 4.92 Å². The van der Waals surface area contributed by atoms with Crippen LogP contribution in [-0.4, -0.2) is 19.1 Å². The number of likely N-dealkylation sites (N-methyl/N-ethyl adjacent to an activating group) is 1. The summed E-state index contributed by atoms with van der Waals surface area (Å²) in [5, 5.41) is 12.9. The van der Waals surface area contributed by atoms with E-state index >= 15 is 0 Å². The average molecular weight is 214 g/mol. The minimum atomic E-state index is -0.595. The molecule has 0 saturated heterocycles. The Kier molecular flexibility index (Phi) is 9.20. The lowest BCUT2D eigenvalue weighted by Gasteiger charge is -2.07. The molecule has 86 valence electrons. The van der Waals surface area contributed by atoms with Crippen LogP contribution >= 0.6 is 0 Å². The number of ether oxygens (including phenoxy) is 1. The monoisotopic (exact) mass is 214 g/mol. The third kappa shape index (κ3) is 6.31. The number of nitrogens with zero attached hydrogens (tertiary/aromatic N) is 1. The molecule has 0 bridgehead atoms. The third-order valence-corrected chi connectivity index (χ3v) is 1.35. The zero-order chi connectivity index (χ0) is 12.4. The van der Waals surface area contributed by atoms with E-state index in [1.807, 2.05) is 13.8 Å². The molecule has 0 spiro atoms. The first-order chi connectivity index (χ1) is 7.02. The van der Waals surface area contributed by atoms with Crippen molar-refractivity contribution in [1.82, 2.24) is 5.32 Å². The van der Waals surface area contributed by atoms with Crippen LogP contribution in [0.1, 0.15) is 13.8 Å². The summed E-state index contributed by atoms with van der Waals surface area (Å²) in [4.78, 5) is 9.62. The first kappa shape index (κ1) is 15.7. The molecular weight excluding hydrogens is 196 g/mol. The molecule has 0 fully saturated rings. The lowest BCUT2D eigenvalue weighted by atomic mass is 10.3. The van der Waals surface area contributed by atoms with Gasteiger partial charge in [-0.3, -0.25) is 10.1 Å². The van der Waals surface area contributed by atoms with Crippen LogP contribution < -0.4 is 5.32 Å². The predicted octanol–water partition coefficient (Wildman–Crippen LogP) is 2.07. The lowest BCUT2D eigenvalue weighted by molar-refractivity contribution is -0.418. The minimum absolute atomic E-state index is 0.242. The Labute approximate surface area is 90.3 Å². The highest BCUT2D eigenvalue weighted by molar-refractivity contribution is 5.26. The molecule has 1 N–H and O–H groups in total. The second-order valence-electron chi connectivity index (χ2n) is 2.19. The van der Waals surface area contributed by atoms with E-state index in [1.165, 1.54) is 13.2 Å². The number of methoxy groups -OCH3 is 1. The number of hydrogen-bond acceptors (Lipinski definition) is 4. The van der Waals surface area contributed by atoms with Gasteiger partial charge in [0.15, 0.2) is 0 Å². The summed E-state index contributed by atoms with van der Waals surface area (Å²) in [6.45, 7) is 10.8. The molecule has 0 aliphatic rings. The summed E-state index contributed by atoms with van der Waals surface area (Å²) in [5.74, 6) is 0.296. The fraction of sp³-hybridized carbons (Fsp3) is 0.400. The lowest BCUT2D eigenvalue weighted by Crippen LogP contribution is -2.09. The number of allylic oxidation sites excluding steroid dienone is 1. The molecule has 0 aliphatic carbocycles. The zero-order valence-electron chi connectivity index (χ0n) is 9.66. The summed E-state index contributed by atoms with van der Waals surface area (Å²) >= 11 is 0. The summed E-state index contributed by atoms with van der Waals surface area (Å²) in [5.41, 5.74) is 0.221. The van der Waals surface area contributed by atoms with Gasteiger partial charge in [0.1, 0.15) is 5.76 Å². The van der Waals surface area contributed by atoms with Gasteiger partial charge >= 0.3 is 0 Å². The fourth-order valence-corrected chi connectivity index (χ4v) is 0.596. The van der Waals surface area contributed by atoms with Crippen molar-refractivity contribution in [3.05, 3.63) is 46.5 Å². The van der Waals surface area contributed by atoms with Crippen molar-refractivity contribution in [2.24, 2.45) is 0 Å². The highest BCUT2D eigenvalue weighted by Crippen LogP contribution is 2.08. The zero-order valence-corrected chi connectivity index (χ0v) is 9.66. The Morgan fingerprint density at radius 3 is 2.20 bits per heavy atom. The second kappa shape index (κ2) is 8.80. The number of nitro groups is 1. The maximum absolute atomic E-state index is 10.2. The van der Waals surface area contributed by atoms with Crippen LogP contribution in [-0.2, 0) is 4.74 Å². The van der Waals surface area contributed by atoms with Crippen LogP contribution in [0.2, 0.25) is 0 Å². The first-order valence-electron chi connectivity index (χ1n) is 4.49. The van der Waals surface area contributed by atoms with E-state index in [0.29, 0.717) is 11.5 Å². The van der Waals surface area contributed by atoms with Crippen molar-refractivity contribution in [2.45, 2.75) is 13.8 Å².